The second-order valence-corrected chi connectivity index (χ2v) is 6.03. The summed E-state index contributed by atoms with van der Waals surface area (Å²) in [4.78, 5) is 13.6. The summed E-state index contributed by atoms with van der Waals surface area (Å²) in [5.41, 5.74) is 0. The van der Waals surface area contributed by atoms with Crippen molar-refractivity contribution in [1.29, 1.82) is 5.26 Å². The number of anilines is 2. The van der Waals surface area contributed by atoms with Gasteiger partial charge in [-0.25, -0.2) is 4.98 Å². The van der Waals surface area contributed by atoms with Crippen molar-refractivity contribution in [2.45, 2.75) is 33.1 Å². The van der Waals surface area contributed by atoms with Crippen LogP contribution in [-0.4, -0.2) is 30.1 Å². The van der Waals surface area contributed by atoms with Gasteiger partial charge < -0.3 is 10.2 Å². The maximum absolute atomic E-state index is 8.77. The normalized spacial score (nSPS) is 10.6. The van der Waals surface area contributed by atoms with Crippen LogP contribution < -0.4 is 10.2 Å². The number of hydrogen-bond donors (Lipinski definition) is 1. The minimum Gasteiger partial charge on any atom is -0.358 e. The quantitative estimate of drug-likeness (QED) is 0.849. The number of hydrogen-bond acceptors (Lipinski definition) is 6. The van der Waals surface area contributed by atoms with Crippen molar-refractivity contribution in [2.24, 2.45) is 0 Å². The van der Waals surface area contributed by atoms with Crippen LogP contribution in [0.5, 0.6) is 0 Å². The largest absolute Gasteiger partial charge is 0.358 e. The van der Waals surface area contributed by atoms with Crippen molar-refractivity contribution in [2.75, 3.05) is 30.4 Å². The predicted octanol–water partition coefficient (Wildman–Crippen LogP) is 3.43. The van der Waals surface area contributed by atoms with Crippen molar-refractivity contribution in [3.05, 3.63) is 10.9 Å². The van der Waals surface area contributed by atoms with E-state index < -0.39 is 0 Å². The summed E-state index contributed by atoms with van der Waals surface area (Å²) in [5, 5.41) is 13.1. The van der Waals surface area contributed by atoms with E-state index in [-0.39, 0.29) is 0 Å². The van der Waals surface area contributed by atoms with Crippen LogP contribution in [0, 0.1) is 11.3 Å². The molecular formula is C15H21N5S. The number of thiophene rings is 1. The molecule has 0 unspecified atom stereocenters. The third-order valence-corrected chi connectivity index (χ3v) is 4.40. The number of fused-ring (bicyclic) bond motifs is 1. The second kappa shape index (κ2) is 7.23. The highest BCUT2D eigenvalue weighted by Gasteiger charge is 2.14. The fourth-order valence-electron chi connectivity index (χ4n) is 2.06. The van der Waals surface area contributed by atoms with E-state index in [0.717, 1.165) is 35.4 Å². The van der Waals surface area contributed by atoms with Crippen LogP contribution in [0.15, 0.2) is 6.07 Å². The van der Waals surface area contributed by atoms with Gasteiger partial charge >= 0.3 is 0 Å². The molecule has 0 saturated heterocycles. The fraction of sp³-hybridized carbons (Fsp3) is 0.533. The number of aromatic nitrogens is 2. The molecule has 0 fully saturated rings. The maximum Gasteiger partial charge on any atom is 0.226 e. The average molecular weight is 303 g/mol. The summed E-state index contributed by atoms with van der Waals surface area (Å²) in [6.45, 7) is 5.80. The van der Waals surface area contributed by atoms with Gasteiger partial charge in [0.05, 0.1) is 17.9 Å². The first-order valence-electron chi connectivity index (χ1n) is 7.32. The molecule has 0 aromatic carbocycles. The molecule has 5 nitrogen and oxygen atoms in total. The van der Waals surface area contributed by atoms with Crippen LogP contribution in [0.25, 0.3) is 10.2 Å². The molecule has 0 aliphatic heterocycles. The fourth-order valence-corrected chi connectivity index (χ4v) is 3.02. The lowest BCUT2D eigenvalue weighted by atomic mass is 10.3. The van der Waals surface area contributed by atoms with E-state index in [2.05, 4.69) is 41.3 Å². The zero-order chi connectivity index (χ0) is 15.2. The zero-order valence-electron chi connectivity index (χ0n) is 12.8. The van der Waals surface area contributed by atoms with Crippen LogP contribution in [0.3, 0.4) is 0 Å². The van der Waals surface area contributed by atoms with E-state index in [1.165, 1.54) is 4.88 Å². The van der Waals surface area contributed by atoms with Crippen molar-refractivity contribution in [3.8, 4) is 6.07 Å². The molecule has 0 bridgehead atoms. The molecular weight excluding hydrogens is 282 g/mol. The molecule has 0 radical (unpaired) electrons. The molecule has 112 valence electrons. The van der Waals surface area contributed by atoms with E-state index in [0.29, 0.717) is 18.9 Å². The van der Waals surface area contributed by atoms with Crippen LogP contribution in [0.1, 0.15) is 31.6 Å². The molecule has 2 heterocycles. The smallest absolute Gasteiger partial charge is 0.226 e. The van der Waals surface area contributed by atoms with Gasteiger partial charge in [-0.3, -0.25) is 0 Å². The zero-order valence-corrected chi connectivity index (χ0v) is 13.6. The van der Waals surface area contributed by atoms with Gasteiger partial charge in [-0.1, -0.05) is 13.8 Å². The van der Waals surface area contributed by atoms with Gasteiger partial charge in [-0.05, 0) is 18.9 Å². The molecule has 21 heavy (non-hydrogen) atoms. The summed E-state index contributed by atoms with van der Waals surface area (Å²) in [7, 11) is 1.98. The van der Waals surface area contributed by atoms with Gasteiger partial charge in [0.15, 0.2) is 0 Å². The van der Waals surface area contributed by atoms with Crippen LogP contribution in [-0.2, 0) is 6.42 Å². The van der Waals surface area contributed by atoms with Crippen molar-refractivity contribution in [1.82, 2.24) is 9.97 Å². The minimum atomic E-state index is 0.491. The molecule has 2 aromatic heterocycles. The predicted molar refractivity (Wildman–Crippen MR) is 89.1 cm³/mol. The van der Waals surface area contributed by atoms with Gasteiger partial charge in [-0.2, -0.15) is 10.2 Å². The maximum atomic E-state index is 8.77. The first-order chi connectivity index (χ1) is 10.2. The highest BCUT2D eigenvalue weighted by atomic mass is 32.1. The standard InChI is InChI=1S/C15H21N5S/c1-4-8-17-15-18-13(20(3)9-6-7-16)12-10-11(5-2)21-14(12)19-15/h10H,4-6,8-9H2,1-3H3,(H,17,18,19). The molecule has 0 aliphatic rings. The van der Waals surface area contributed by atoms with Crippen molar-refractivity contribution >= 4 is 33.3 Å². The Morgan fingerprint density at radius 1 is 1.38 bits per heavy atom. The molecule has 6 heteroatoms. The summed E-state index contributed by atoms with van der Waals surface area (Å²) in [5.74, 6) is 1.58. The highest BCUT2D eigenvalue weighted by Crippen LogP contribution is 2.32. The van der Waals surface area contributed by atoms with E-state index in [1.807, 2.05) is 11.9 Å². The Kier molecular flexibility index (Phi) is 5.34. The van der Waals surface area contributed by atoms with E-state index in [4.69, 9.17) is 5.26 Å². The van der Waals surface area contributed by atoms with Gasteiger partial charge in [0.2, 0.25) is 5.95 Å². The third kappa shape index (κ3) is 3.61. The minimum absolute atomic E-state index is 0.491. The topological polar surface area (TPSA) is 64.8 Å². The Bertz CT molecular complexity index is 643. The van der Waals surface area contributed by atoms with Gasteiger partial charge in [0.25, 0.3) is 0 Å². The van der Waals surface area contributed by atoms with Crippen LogP contribution >= 0.6 is 11.3 Å². The summed E-state index contributed by atoms with van der Waals surface area (Å²) < 4.78 is 0. The Hall–Kier alpha value is -1.87. The Balaban J connectivity index is 2.43. The Morgan fingerprint density at radius 3 is 2.86 bits per heavy atom. The number of nitriles is 1. The van der Waals surface area contributed by atoms with Gasteiger partial charge in [-0.15, -0.1) is 11.3 Å². The van der Waals surface area contributed by atoms with Crippen molar-refractivity contribution < 1.29 is 0 Å². The monoisotopic (exact) mass is 303 g/mol. The van der Waals surface area contributed by atoms with E-state index >= 15 is 0 Å². The van der Waals surface area contributed by atoms with Crippen LogP contribution in [0.4, 0.5) is 11.8 Å². The van der Waals surface area contributed by atoms with Gasteiger partial charge in [0, 0.05) is 25.0 Å². The SMILES string of the molecule is CCCNc1nc(N(C)CCC#N)c2cc(CC)sc2n1. The lowest BCUT2D eigenvalue weighted by molar-refractivity contribution is 0.883. The molecule has 1 N–H and O–H groups in total. The summed E-state index contributed by atoms with van der Waals surface area (Å²) >= 11 is 1.72. The van der Waals surface area contributed by atoms with Crippen LogP contribution in [0.2, 0.25) is 0 Å². The van der Waals surface area contributed by atoms with Crippen molar-refractivity contribution in [3.63, 3.8) is 0 Å². The number of nitrogens with zero attached hydrogens (tertiary/aromatic N) is 4. The molecule has 0 amide bonds. The number of nitrogens with one attached hydrogen (secondary N) is 1. The van der Waals surface area contributed by atoms with E-state index in [9.17, 15) is 0 Å². The number of rotatable bonds is 7. The number of aryl methyl sites for hydroxylation is 1. The molecule has 0 aliphatic carbocycles. The first kappa shape index (κ1) is 15.5. The second-order valence-electron chi connectivity index (χ2n) is 4.91. The molecule has 2 rings (SSSR count). The highest BCUT2D eigenvalue weighted by molar-refractivity contribution is 7.18. The Morgan fingerprint density at radius 2 is 2.19 bits per heavy atom. The Labute approximate surface area is 129 Å². The van der Waals surface area contributed by atoms with E-state index in [1.54, 1.807) is 11.3 Å². The summed E-state index contributed by atoms with van der Waals surface area (Å²) in [6, 6.07) is 4.35. The molecule has 0 spiro atoms. The summed E-state index contributed by atoms with van der Waals surface area (Å²) in [6.07, 6.45) is 2.52. The molecule has 0 saturated carbocycles. The van der Waals surface area contributed by atoms with Gasteiger partial charge in [0.1, 0.15) is 10.6 Å². The molecule has 2 aromatic rings. The lowest BCUT2D eigenvalue weighted by Crippen LogP contribution is -2.20. The lowest BCUT2D eigenvalue weighted by Gasteiger charge is -2.18. The third-order valence-electron chi connectivity index (χ3n) is 3.23. The molecule has 0 atom stereocenters. The first-order valence-corrected chi connectivity index (χ1v) is 8.13. The average Bonchev–Trinajstić information content (AvgIpc) is 2.92.